The summed E-state index contributed by atoms with van der Waals surface area (Å²) >= 11 is 6.43. The summed E-state index contributed by atoms with van der Waals surface area (Å²) in [7, 11) is 3.91. The van der Waals surface area contributed by atoms with E-state index >= 15 is 0 Å². The predicted octanol–water partition coefficient (Wildman–Crippen LogP) is 2.84. The molecule has 0 radical (unpaired) electrons. The molecule has 0 bridgehead atoms. The monoisotopic (exact) mass is 292 g/mol. The zero-order valence-electron chi connectivity index (χ0n) is 12.4. The minimum absolute atomic E-state index is 0.182. The van der Waals surface area contributed by atoms with E-state index < -0.39 is 0 Å². The molecule has 0 aliphatic carbocycles. The largest absolute Gasteiger partial charge is 0.313 e. The van der Waals surface area contributed by atoms with Gasteiger partial charge in [0.15, 0.2) is 0 Å². The minimum atomic E-state index is 0.182. The number of nitrogens with zero attached hydrogens (tertiary/aromatic N) is 3. The molecule has 1 N–H and O–H groups in total. The third kappa shape index (κ3) is 2.86. The zero-order valence-corrected chi connectivity index (χ0v) is 13.2. The highest BCUT2D eigenvalue weighted by Crippen LogP contribution is 2.27. The molecule has 1 unspecified atom stereocenters. The Hall–Kier alpha value is -1.39. The number of likely N-dealkylation sites (N-methyl/N-ethyl adjacent to an activating group) is 1. The Balaban J connectivity index is 2.32. The summed E-state index contributed by atoms with van der Waals surface area (Å²) in [6, 6.07) is 2.21. The lowest BCUT2D eigenvalue weighted by Crippen LogP contribution is -2.21. The van der Waals surface area contributed by atoms with E-state index in [-0.39, 0.29) is 6.04 Å². The molecule has 0 spiro atoms. The van der Waals surface area contributed by atoms with Crippen molar-refractivity contribution >= 4 is 11.6 Å². The molecule has 0 aliphatic heterocycles. The van der Waals surface area contributed by atoms with E-state index in [2.05, 4.69) is 29.2 Å². The van der Waals surface area contributed by atoms with E-state index in [1.807, 2.05) is 37.2 Å². The summed E-state index contributed by atoms with van der Waals surface area (Å²) in [6.07, 6.45) is 5.38. The van der Waals surface area contributed by atoms with Crippen molar-refractivity contribution < 1.29 is 0 Å². The van der Waals surface area contributed by atoms with Crippen LogP contribution in [0.1, 0.15) is 35.5 Å². The summed E-state index contributed by atoms with van der Waals surface area (Å²) in [5.41, 5.74) is 4.45. The van der Waals surface area contributed by atoms with Crippen LogP contribution in [-0.4, -0.2) is 21.8 Å². The van der Waals surface area contributed by atoms with Gasteiger partial charge in [0.2, 0.25) is 0 Å². The molecule has 0 saturated heterocycles. The molecule has 2 aromatic rings. The molecule has 0 aliphatic rings. The highest BCUT2D eigenvalue weighted by molar-refractivity contribution is 6.31. The van der Waals surface area contributed by atoms with Crippen molar-refractivity contribution in [2.24, 2.45) is 7.05 Å². The Kier molecular flexibility index (Phi) is 4.78. The van der Waals surface area contributed by atoms with Crippen LogP contribution in [0.4, 0.5) is 0 Å². The Labute approximate surface area is 125 Å². The maximum atomic E-state index is 6.43. The Morgan fingerprint density at radius 3 is 2.75 bits per heavy atom. The van der Waals surface area contributed by atoms with Gasteiger partial charge in [-0.05, 0) is 37.6 Å². The Morgan fingerprint density at radius 1 is 1.45 bits per heavy atom. The van der Waals surface area contributed by atoms with Crippen molar-refractivity contribution in [3.05, 3.63) is 46.0 Å². The number of aromatic nitrogens is 3. The molecule has 0 aromatic carbocycles. The van der Waals surface area contributed by atoms with Crippen molar-refractivity contribution in [1.29, 1.82) is 0 Å². The van der Waals surface area contributed by atoms with Gasteiger partial charge in [0, 0.05) is 31.9 Å². The second-order valence-corrected chi connectivity index (χ2v) is 5.34. The molecule has 108 valence electrons. The van der Waals surface area contributed by atoms with Crippen LogP contribution < -0.4 is 5.32 Å². The highest BCUT2D eigenvalue weighted by Gasteiger charge is 2.19. The number of hydrogen-bond donors (Lipinski definition) is 1. The lowest BCUT2D eigenvalue weighted by molar-refractivity contribution is 0.557. The van der Waals surface area contributed by atoms with E-state index in [1.54, 1.807) is 0 Å². The Bertz CT molecular complexity index is 592. The lowest BCUT2D eigenvalue weighted by atomic mass is 9.99. The van der Waals surface area contributed by atoms with E-state index in [4.69, 9.17) is 11.6 Å². The number of nitrogens with one attached hydrogen (secondary N) is 1. The van der Waals surface area contributed by atoms with Crippen LogP contribution in [-0.2, 0) is 19.9 Å². The standard InChI is InChI=1S/C15H21ClN4/c1-5-12-15(16)14(20(4)19-12)8-13(17-3)11-9-18-7-6-10(11)2/h6-7,9,13,17H,5,8H2,1-4H3. The SMILES string of the molecule is CCc1nn(C)c(CC(NC)c2cnccc2C)c1Cl. The van der Waals surface area contributed by atoms with Gasteiger partial charge in [0.1, 0.15) is 0 Å². The topological polar surface area (TPSA) is 42.7 Å². The van der Waals surface area contributed by atoms with E-state index in [1.165, 1.54) is 11.1 Å². The van der Waals surface area contributed by atoms with Crippen molar-refractivity contribution in [3.63, 3.8) is 0 Å². The van der Waals surface area contributed by atoms with Gasteiger partial charge in [-0.25, -0.2) is 0 Å². The molecule has 2 rings (SSSR count). The minimum Gasteiger partial charge on any atom is -0.313 e. The molecule has 2 aromatic heterocycles. The van der Waals surface area contributed by atoms with Gasteiger partial charge < -0.3 is 5.32 Å². The number of rotatable bonds is 5. The third-order valence-electron chi connectivity index (χ3n) is 3.70. The van der Waals surface area contributed by atoms with Crippen molar-refractivity contribution in [2.45, 2.75) is 32.7 Å². The molecule has 2 heterocycles. The van der Waals surface area contributed by atoms with Crippen LogP contribution in [0.2, 0.25) is 5.02 Å². The van der Waals surface area contributed by atoms with E-state index in [0.29, 0.717) is 0 Å². The van der Waals surface area contributed by atoms with Crippen LogP contribution in [0.5, 0.6) is 0 Å². The Morgan fingerprint density at radius 2 is 2.20 bits per heavy atom. The van der Waals surface area contributed by atoms with Crippen LogP contribution in [0, 0.1) is 6.92 Å². The van der Waals surface area contributed by atoms with E-state index in [9.17, 15) is 0 Å². The fourth-order valence-electron chi connectivity index (χ4n) is 2.44. The van der Waals surface area contributed by atoms with Gasteiger partial charge in [-0.2, -0.15) is 5.10 Å². The highest BCUT2D eigenvalue weighted by atomic mass is 35.5. The van der Waals surface area contributed by atoms with Crippen molar-refractivity contribution in [3.8, 4) is 0 Å². The average molecular weight is 293 g/mol. The summed E-state index contributed by atoms with van der Waals surface area (Å²) in [5.74, 6) is 0. The number of pyridine rings is 1. The van der Waals surface area contributed by atoms with Gasteiger partial charge in [0.25, 0.3) is 0 Å². The fourth-order valence-corrected chi connectivity index (χ4v) is 2.81. The van der Waals surface area contributed by atoms with Crippen molar-refractivity contribution in [2.75, 3.05) is 7.05 Å². The number of hydrogen-bond acceptors (Lipinski definition) is 3. The quantitative estimate of drug-likeness (QED) is 0.921. The molecular weight excluding hydrogens is 272 g/mol. The first-order valence-electron chi connectivity index (χ1n) is 6.86. The van der Waals surface area contributed by atoms with Crippen LogP contribution in [0.25, 0.3) is 0 Å². The van der Waals surface area contributed by atoms with Gasteiger partial charge in [-0.15, -0.1) is 0 Å². The molecule has 1 atom stereocenters. The molecule has 0 amide bonds. The van der Waals surface area contributed by atoms with Gasteiger partial charge in [-0.1, -0.05) is 18.5 Å². The molecule has 4 nitrogen and oxygen atoms in total. The lowest BCUT2D eigenvalue weighted by Gasteiger charge is -2.18. The maximum Gasteiger partial charge on any atom is 0.0850 e. The molecule has 0 saturated carbocycles. The second-order valence-electron chi connectivity index (χ2n) is 4.96. The second kappa shape index (κ2) is 6.37. The van der Waals surface area contributed by atoms with Gasteiger partial charge in [-0.3, -0.25) is 9.67 Å². The van der Waals surface area contributed by atoms with Crippen LogP contribution >= 0.6 is 11.6 Å². The average Bonchev–Trinajstić information content (AvgIpc) is 2.72. The van der Waals surface area contributed by atoms with Crippen molar-refractivity contribution in [1.82, 2.24) is 20.1 Å². The summed E-state index contributed by atoms with van der Waals surface area (Å²) in [6.45, 7) is 4.17. The number of halogens is 1. The molecule has 20 heavy (non-hydrogen) atoms. The predicted molar refractivity (Wildman–Crippen MR) is 82.1 cm³/mol. The first kappa shape index (κ1) is 15.0. The molecular formula is C15H21ClN4. The third-order valence-corrected chi connectivity index (χ3v) is 4.14. The number of aryl methyl sites for hydroxylation is 3. The first-order valence-corrected chi connectivity index (χ1v) is 7.24. The van der Waals surface area contributed by atoms with Gasteiger partial charge >= 0.3 is 0 Å². The van der Waals surface area contributed by atoms with Crippen LogP contribution in [0.3, 0.4) is 0 Å². The summed E-state index contributed by atoms with van der Waals surface area (Å²) in [4.78, 5) is 4.23. The molecule has 0 fully saturated rings. The smallest absolute Gasteiger partial charge is 0.0850 e. The van der Waals surface area contributed by atoms with Crippen LogP contribution in [0.15, 0.2) is 18.5 Å². The first-order chi connectivity index (χ1) is 9.58. The fraction of sp³-hybridized carbons (Fsp3) is 0.467. The molecule has 5 heteroatoms. The summed E-state index contributed by atoms with van der Waals surface area (Å²) < 4.78 is 1.89. The summed E-state index contributed by atoms with van der Waals surface area (Å²) in [5, 5.41) is 8.61. The van der Waals surface area contributed by atoms with E-state index in [0.717, 1.165) is 29.3 Å². The zero-order chi connectivity index (χ0) is 14.7. The van der Waals surface area contributed by atoms with Gasteiger partial charge in [0.05, 0.1) is 16.4 Å². The maximum absolute atomic E-state index is 6.43. The normalized spacial score (nSPS) is 12.7.